The normalized spacial score (nSPS) is 22.1. The number of aromatic carboxylic acids is 1. The molecule has 2 N–H and O–H groups in total. The van der Waals surface area contributed by atoms with Crippen LogP contribution in [0.4, 0.5) is 0 Å². The van der Waals surface area contributed by atoms with Crippen molar-refractivity contribution in [1.29, 1.82) is 0 Å². The largest absolute Gasteiger partial charge is 0.478 e. The van der Waals surface area contributed by atoms with Crippen LogP contribution in [-0.2, 0) is 11.2 Å². The average molecular weight is 295 g/mol. The predicted octanol–water partition coefficient (Wildman–Crippen LogP) is 2.93. The smallest absolute Gasteiger partial charge is 0.336 e. The van der Waals surface area contributed by atoms with Gasteiger partial charge in [-0.25, -0.2) is 4.79 Å². The molecule has 1 aromatic rings. The van der Waals surface area contributed by atoms with E-state index in [0.29, 0.717) is 11.8 Å². The summed E-state index contributed by atoms with van der Waals surface area (Å²) in [6.45, 7) is 4.40. The number of carboxylic acid groups (broad SMARTS) is 1. The average Bonchev–Trinajstić information content (AvgIpc) is 2.97. The highest BCUT2D eigenvalue weighted by atomic mass is 32.1. The molecule has 0 saturated heterocycles. The molecule has 2 atom stereocenters. The monoisotopic (exact) mass is 295 g/mol. The van der Waals surface area contributed by atoms with E-state index in [0.717, 1.165) is 11.3 Å². The highest BCUT2D eigenvalue weighted by Gasteiger charge is 2.30. The van der Waals surface area contributed by atoms with Gasteiger partial charge >= 0.3 is 5.97 Å². The maximum Gasteiger partial charge on any atom is 0.336 e. The molecule has 0 aromatic carbocycles. The van der Waals surface area contributed by atoms with Crippen molar-refractivity contribution >= 4 is 23.2 Å². The molecule has 0 aliphatic heterocycles. The van der Waals surface area contributed by atoms with Crippen LogP contribution in [0, 0.1) is 11.8 Å². The number of nitrogens with one attached hydrogen (secondary N) is 1. The van der Waals surface area contributed by atoms with Gasteiger partial charge in [-0.1, -0.05) is 20.3 Å². The van der Waals surface area contributed by atoms with E-state index in [9.17, 15) is 9.59 Å². The lowest BCUT2D eigenvalue weighted by molar-refractivity contribution is -0.121. The van der Waals surface area contributed by atoms with E-state index in [2.05, 4.69) is 19.2 Å². The standard InChI is InChI=1S/C15H21NO3S/c1-9(2)12-4-3-5-13(12)16-14(17)7-11-6-10(8-20-11)15(18)19/h6,8-9,12-13H,3-5,7H2,1-2H3,(H,16,17)(H,18,19)/t12-,13+/m0/s1. The summed E-state index contributed by atoms with van der Waals surface area (Å²) in [7, 11) is 0. The number of carboxylic acids is 1. The number of carbonyl (C=O) groups is 2. The second-order valence-electron chi connectivity index (χ2n) is 5.80. The van der Waals surface area contributed by atoms with Gasteiger partial charge in [0.15, 0.2) is 0 Å². The Labute approximate surface area is 123 Å². The molecule has 0 bridgehead atoms. The second kappa shape index (κ2) is 6.39. The summed E-state index contributed by atoms with van der Waals surface area (Å²) in [6, 6.07) is 1.86. The van der Waals surface area contributed by atoms with Gasteiger partial charge in [-0.15, -0.1) is 11.3 Å². The van der Waals surface area contributed by atoms with Crippen molar-refractivity contribution in [3.63, 3.8) is 0 Å². The highest BCUT2D eigenvalue weighted by molar-refractivity contribution is 7.10. The fraction of sp³-hybridized carbons (Fsp3) is 0.600. The van der Waals surface area contributed by atoms with Crippen LogP contribution < -0.4 is 5.32 Å². The zero-order valence-electron chi connectivity index (χ0n) is 11.9. The third-order valence-corrected chi connectivity index (χ3v) is 4.94. The number of carbonyl (C=O) groups excluding carboxylic acids is 1. The molecule has 1 saturated carbocycles. The first-order valence-electron chi connectivity index (χ1n) is 7.07. The first-order chi connectivity index (χ1) is 9.47. The molecule has 1 fully saturated rings. The van der Waals surface area contributed by atoms with Crippen molar-refractivity contribution in [2.45, 2.75) is 45.6 Å². The molecule has 1 aliphatic carbocycles. The molecule has 0 unspecified atom stereocenters. The summed E-state index contributed by atoms with van der Waals surface area (Å²) < 4.78 is 0. The second-order valence-corrected chi connectivity index (χ2v) is 6.79. The summed E-state index contributed by atoms with van der Waals surface area (Å²) in [6.07, 6.45) is 3.69. The van der Waals surface area contributed by atoms with Gasteiger partial charge in [0.2, 0.25) is 5.91 Å². The van der Waals surface area contributed by atoms with Crippen LogP contribution in [0.25, 0.3) is 0 Å². The lowest BCUT2D eigenvalue weighted by Gasteiger charge is -2.24. The third kappa shape index (κ3) is 3.60. The van der Waals surface area contributed by atoms with E-state index in [1.54, 1.807) is 11.4 Å². The Morgan fingerprint density at radius 1 is 1.45 bits per heavy atom. The van der Waals surface area contributed by atoms with E-state index in [4.69, 9.17) is 5.11 Å². The molecule has 1 amide bonds. The van der Waals surface area contributed by atoms with Gasteiger partial charge in [0.05, 0.1) is 12.0 Å². The number of amides is 1. The van der Waals surface area contributed by atoms with Crippen LogP contribution in [0.15, 0.2) is 11.4 Å². The van der Waals surface area contributed by atoms with Gasteiger partial charge in [0.1, 0.15) is 0 Å². The van der Waals surface area contributed by atoms with Crippen molar-refractivity contribution in [1.82, 2.24) is 5.32 Å². The van der Waals surface area contributed by atoms with Crippen LogP contribution in [0.5, 0.6) is 0 Å². The number of thiophene rings is 1. The molecule has 2 rings (SSSR count). The van der Waals surface area contributed by atoms with Crippen molar-refractivity contribution in [3.05, 3.63) is 21.9 Å². The summed E-state index contributed by atoms with van der Waals surface area (Å²) in [5, 5.41) is 13.6. The van der Waals surface area contributed by atoms with E-state index >= 15 is 0 Å². The van der Waals surface area contributed by atoms with Gasteiger partial charge < -0.3 is 10.4 Å². The molecule has 1 heterocycles. The van der Waals surface area contributed by atoms with Crippen molar-refractivity contribution in [2.75, 3.05) is 0 Å². The Bertz CT molecular complexity index is 495. The van der Waals surface area contributed by atoms with Crippen molar-refractivity contribution in [2.24, 2.45) is 11.8 Å². The van der Waals surface area contributed by atoms with Gasteiger partial charge in [-0.2, -0.15) is 0 Å². The summed E-state index contributed by atoms with van der Waals surface area (Å²) >= 11 is 1.33. The Kier molecular flexibility index (Phi) is 4.81. The maximum absolute atomic E-state index is 12.1. The van der Waals surface area contributed by atoms with Crippen LogP contribution in [0.1, 0.15) is 48.3 Å². The quantitative estimate of drug-likeness (QED) is 0.877. The van der Waals surface area contributed by atoms with E-state index in [1.165, 1.54) is 24.2 Å². The number of hydrogen-bond donors (Lipinski definition) is 2. The molecule has 110 valence electrons. The Balaban J connectivity index is 1.90. The van der Waals surface area contributed by atoms with Gasteiger partial charge in [0.25, 0.3) is 0 Å². The first-order valence-corrected chi connectivity index (χ1v) is 7.95. The molecule has 1 aromatic heterocycles. The van der Waals surface area contributed by atoms with Gasteiger partial charge in [-0.3, -0.25) is 4.79 Å². The van der Waals surface area contributed by atoms with E-state index in [-0.39, 0.29) is 23.9 Å². The van der Waals surface area contributed by atoms with Crippen molar-refractivity contribution < 1.29 is 14.7 Å². The lowest BCUT2D eigenvalue weighted by atomic mass is 9.91. The van der Waals surface area contributed by atoms with Gasteiger partial charge in [-0.05, 0) is 30.7 Å². The molecule has 0 spiro atoms. The molecular weight excluding hydrogens is 274 g/mol. The molecule has 1 aliphatic rings. The van der Waals surface area contributed by atoms with Crippen LogP contribution in [-0.4, -0.2) is 23.0 Å². The zero-order valence-corrected chi connectivity index (χ0v) is 12.7. The van der Waals surface area contributed by atoms with Crippen molar-refractivity contribution in [3.8, 4) is 0 Å². The number of hydrogen-bond acceptors (Lipinski definition) is 3. The molecular formula is C15H21NO3S. The zero-order chi connectivity index (χ0) is 14.7. The Morgan fingerprint density at radius 3 is 2.80 bits per heavy atom. The Morgan fingerprint density at radius 2 is 2.20 bits per heavy atom. The third-order valence-electron chi connectivity index (χ3n) is 4.01. The molecule has 0 radical (unpaired) electrons. The molecule has 5 heteroatoms. The molecule has 20 heavy (non-hydrogen) atoms. The number of rotatable bonds is 5. The minimum Gasteiger partial charge on any atom is -0.478 e. The fourth-order valence-corrected chi connectivity index (χ4v) is 3.82. The minimum absolute atomic E-state index is 0.00124. The predicted molar refractivity (Wildman–Crippen MR) is 79.1 cm³/mol. The minimum atomic E-state index is -0.941. The van der Waals surface area contributed by atoms with Gasteiger partial charge in [0, 0.05) is 16.3 Å². The fourth-order valence-electron chi connectivity index (χ4n) is 2.97. The van der Waals surface area contributed by atoms with Crippen LogP contribution in [0.3, 0.4) is 0 Å². The first kappa shape index (κ1) is 15.0. The van der Waals surface area contributed by atoms with Crippen LogP contribution >= 0.6 is 11.3 Å². The summed E-state index contributed by atoms with van der Waals surface area (Å²) in [4.78, 5) is 23.7. The maximum atomic E-state index is 12.1. The summed E-state index contributed by atoms with van der Waals surface area (Å²) in [5.74, 6) is 0.213. The summed E-state index contributed by atoms with van der Waals surface area (Å²) in [5.41, 5.74) is 0.263. The lowest BCUT2D eigenvalue weighted by Crippen LogP contribution is -2.39. The Hall–Kier alpha value is -1.36. The SMILES string of the molecule is CC(C)[C@@H]1CCC[C@H]1NC(=O)Cc1cc(C(=O)O)cs1. The van der Waals surface area contributed by atoms with E-state index in [1.807, 2.05) is 0 Å². The van der Waals surface area contributed by atoms with Crippen LogP contribution in [0.2, 0.25) is 0 Å². The topological polar surface area (TPSA) is 66.4 Å². The molecule has 4 nitrogen and oxygen atoms in total. The van der Waals surface area contributed by atoms with E-state index < -0.39 is 5.97 Å². The highest BCUT2D eigenvalue weighted by Crippen LogP contribution is 2.31.